The van der Waals surface area contributed by atoms with Crippen LogP contribution in [0.15, 0.2) is 36.5 Å². The number of allylic oxidation sites excluding steroid dienone is 6. The fourth-order valence-electron chi connectivity index (χ4n) is 6.28. The summed E-state index contributed by atoms with van der Waals surface area (Å²) in [4.78, 5) is 12.2. The molecule has 288 valence electrons. The van der Waals surface area contributed by atoms with Crippen LogP contribution in [0.3, 0.4) is 0 Å². The van der Waals surface area contributed by atoms with Gasteiger partial charge in [0.25, 0.3) is 0 Å². The van der Waals surface area contributed by atoms with Crippen molar-refractivity contribution < 1.29 is 19.4 Å². The number of esters is 1. The van der Waals surface area contributed by atoms with Crippen LogP contribution in [0.1, 0.15) is 219 Å². The van der Waals surface area contributed by atoms with Gasteiger partial charge in [-0.3, -0.25) is 4.79 Å². The van der Waals surface area contributed by atoms with Crippen LogP contribution in [0.25, 0.3) is 0 Å². The molecule has 0 rings (SSSR count). The summed E-state index contributed by atoms with van der Waals surface area (Å²) in [5.41, 5.74) is 0. The van der Waals surface area contributed by atoms with Crippen LogP contribution in [-0.4, -0.2) is 37.0 Å². The van der Waals surface area contributed by atoms with Crippen molar-refractivity contribution in [3.8, 4) is 0 Å². The molecule has 1 N–H and O–H groups in total. The summed E-state index contributed by atoms with van der Waals surface area (Å²) in [6.45, 7) is 5.25. The number of unbranched alkanes of at least 4 members (excludes halogenated alkanes) is 26. The highest BCUT2D eigenvalue weighted by atomic mass is 16.6. The van der Waals surface area contributed by atoms with E-state index in [1.165, 1.54) is 161 Å². The van der Waals surface area contributed by atoms with Crippen molar-refractivity contribution in [3.63, 3.8) is 0 Å². The smallest absolute Gasteiger partial charge is 0.306 e. The van der Waals surface area contributed by atoms with Crippen LogP contribution in [-0.2, 0) is 14.3 Å². The van der Waals surface area contributed by atoms with Gasteiger partial charge in [-0.2, -0.15) is 0 Å². The Bertz CT molecular complexity index is 728. The fourth-order valence-corrected chi connectivity index (χ4v) is 6.28. The van der Waals surface area contributed by atoms with Gasteiger partial charge in [0.05, 0.1) is 13.2 Å². The van der Waals surface area contributed by atoms with Gasteiger partial charge in [0.2, 0.25) is 0 Å². The molecule has 0 aromatic carbocycles. The largest absolute Gasteiger partial charge is 0.457 e. The van der Waals surface area contributed by atoms with E-state index in [2.05, 4.69) is 50.3 Å². The van der Waals surface area contributed by atoms with E-state index >= 15 is 0 Å². The second-order valence-corrected chi connectivity index (χ2v) is 14.4. The number of aliphatic hydroxyl groups is 1. The SMILES string of the molecule is CC/C=C\C/C=C\C/C=C\CCCCCCCCCCOCC(CO)OC(=O)CCCCCCCCCCCCCCCCCCCCC. The highest BCUT2D eigenvalue weighted by molar-refractivity contribution is 5.69. The molecule has 0 spiro atoms. The van der Waals surface area contributed by atoms with Crippen LogP contribution >= 0.6 is 0 Å². The summed E-state index contributed by atoms with van der Waals surface area (Å²) >= 11 is 0. The summed E-state index contributed by atoms with van der Waals surface area (Å²) in [7, 11) is 0. The van der Waals surface area contributed by atoms with Crippen LogP contribution in [0.4, 0.5) is 0 Å². The zero-order chi connectivity index (χ0) is 35.6. The molecule has 1 atom stereocenters. The summed E-state index contributed by atoms with van der Waals surface area (Å²) < 4.78 is 11.2. The van der Waals surface area contributed by atoms with Gasteiger partial charge in [-0.1, -0.05) is 204 Å². The molecule has 0 heterocycles. The second kappa shape index (κ2) is 42.8. The summed E-state index contributed by atoms with van der Waals surface area (Å²) in [5.74, 6) is -0.200. The van der Waals surface area contributed by atoms with E-state index in [1.807, 2.05) is 0 Å². The van der Waals surface area contributed by atoms with E-state index in [-0.39, 0.29) is 12.6 Å². The van der Waals surface area contributed by atoms with Crippen molar-refractivity contribution in [1.29, 1.82) is 0 Å². The molecule has 0 aromatic heterocycles. The average Bonchev–Trinajstić information content (AvgIpc) is 3.11. The first-order chi connectivity index (χ1) is 24.2. The first-order valence-electron chi connectivity index (χ1n) is 21.6. The Hall–Kier alpha value is -1.39. The lowest BCUT2D eigenvalue weighted by Crippen LogP contribution is -2.27. The highest BCUT2D eigenvalue weighted by Crippen LogP contribution is 2.15. The maximum atomic E-state index is 12.2. The van der Waals surface area contributed by atoms with Gasteiger partial charge < -0.3 is 14.6 Å². The first-order valence-corrected chi connectivity index (χ1v) is 21.6. The fraction of sp³-hybridized carbons (Fsp3) is 0.844. The van der Waals surface area contributed by atoms with Crippen LogP contribution in [0.2, 0.25) is 0 Å². The van der Waals surface area contributed by atoms with Gasteiger partial charge in [-0.15, -0.1) is 0 Å². The quantitative estimate of drug-likeness (QED) is 0.0395. The number of carbonyl (C=O) groups is 1. The normalized spacial score (nSPS) is 12.6. The van der Waals surface area contributed by atoms with Crippen LogP contribution in [0, 0.1) is 0 Å². The number of hydrogen-bond donors (Lipinski definition) is 1. The molecule has 0 aliphatic heterocycles. The predicted molar refractivity (Wildman–Crippen MR) is 214 cm³/mol. The number of aliphatic hydroxyl groups excluding tert-OH is 1. The maximum Gasteiger partial charge on any atom is 0.306 e. The molecule has 0 aromatic rings. The molecular weight excluding hydrogens is 604 g/mol. The Morgan fingerprint density at radius 3 is 1.39 bits per heavy atom. The van der Waals surface area contributed by atoms with Gasteiger partial charge in [0, 0.05) is 13.0 Å². The molecule has 0 amide bonds. The van der Waals surface area contributed by atoms with E-state index in [4.69, 9.17) is 9.47 Å². The van der Waals surface area contributed by atoms with E-state index in [0.717, 1.165) is 38.5 Å². The number of ether oxygens (including phenoxy) is 2. The van der Waals surface area contributed by atoms with Gasteiger partial charge in [0.15, 0.2) is 0 Å². The van der Waals surface area contributed by atoms with E-state index in [0.29, 0.717) is 19.6 Å². The highest BCUT2D eigenvalue weighted by Gasteiger charge is 2.13. The monoisotopic (exact) mass is 689 g/mol. The molecule has 49 heavy (non-hydrogen) atoms. The minimum absolute atomic E-state index is 0.172. The van der Waals surface area contributed by atoms with Crippen molar-refractivity contribution in [1.82, 2.24) is 0 Å². The van der Waals surface area contributed by atoms with Crippen LogP contribution in [0.5, 0.6) is 0 Å². The van der Waals surface area contributed by atoms with E-state index < -0.39 is 6.10 Å². The van der Waals surface area contributed by atoms with E-state index in [9.17, 15) is 9.90 Å². The summed E-state index contributed by atoms with van der Waals surface area (Å²) in [6, 6.07) is 0. The molecule has 0 saturated carbocycles. The maximum absolute atomic E-state index is 12.2. The molecule has 0 bridgehead atoms. The Labute approximate surface area is 306 Å². The van der Waals surface area contributed by atoms with E-state index in [1.54, 1.807) is 0 Å². The lowest BCUT2D eigenvalue weighted by molar-refractivity contribution is -0.154. The lowest BCUT2D eigenvalue weighted by atomic mass is 10.0. The number of hydrogen-bond acceptors (Lipinski definition) is 4. The van der Waals surface area contributed by atoms with Crippen molar-refractivity contribution in [3.05, 3.63) is 36.5 Å². The number of rotatable bonds is 40. The van der Waals surface area contributed by atoms with Gasteiger partial charge >= 0.3 is 5.97 Å². The topological polar surface area (TPSA) is 55.8 Å². The third-order valence-corrected chi connectivity index (χ3v) is 9.48. The minimum atomic E-state index is -0.535. The van der Waals surface area contributed by atoms with Gasteiger partial charge in [-0.05, 0) is 44.9 Å². The lowest BCUT2D eigenvalue weighted by Gasteiger charge is -2.16. The van der Waals surface area contributed by atoms with Crippen LogP contribution < -0.4 is 0 Å². The second-order valence-electron chi connectivity index (χ2n) is 14.4. The first kappa shape index (κ1) is 47.6. The Kier molecular flexibility index (Phi) is 41.6. The Morgan fingerprint density at radius 1 is 0.510 bits per heavy atom. The average molecular weight is 689 g/mol. The van der Waals surface area contributed by atoms with Crippen molar-refractivity contribution in [2.24, 2.45) is 0 Å². The van der Waals surface area contributed by atoms with Gasteiger partial charge in [0.1, 0.15) is 6.10 Å². The molecule has 4 nitrogen and oxygen atoms in total. The third-order valence-electron chi connectivity index (χ3n) is 9.48. The molecule has 0 fully saturated rings. The molecule has 0 aliphatic carbocycles. The third kappa shape index (κ3) is 40.9. The van der Waals surface area contributed by atoms with Crippen molar-refractivity contribution in [2.75, 3.05) is 19.8 Å². The zero-order valence-corrected chi connectivity index (χ0v) is 33.0. The molecule has 1 unspecified atom stereocenters. The standard InChI is InChI=1S/C45H84O4/c1-3-5-7-9-11-13-15-17-19-21-23-24-26-28-30-32-34-36-38-40-45(47)49-44(42-46)43-48-41-39-37-35-33-31-29-27-25-22-20-18-16-14-12-10-8-6-4-2/h6,8,12,14,18,20,44,46H,3-5,7,9-11,13,15-17,19,21-43H2,1-2H3/b8-6-,14-12-,20-18-. The molecule has 0 saturated heterocycles. The number of carbonyl (C=O) groups excluding carboxylic acids is 1. The Balaban J connectivity index is 3.40. The van der Waals surface area contributed by atoms with Gasteiger partial charge in [-0.25, -0.2) is 0 Å². The summed E-state index contributed by atoms with van der Waals surface area (Å²) in [5, 5.41) is 9.60. The summed E-state index contributed by atoms with van der Waals surface area (Å²) in [6.07, 6.45) is 53.5. The van der Waals surface area contributed by atoms with Crippen molar-refractivity contribution >= 4 is 5.97 Å². The van der Waals surface area contributed by atoms with Crippen molar-refractivity contribution in [2.45, 2.75) is 225 Å². The minimum Gasteiger partial charge on any atom is -0.457 e. The zero-order valence-electron chi connectivity index (χ0n) is 33.0. The predicted octanol–water partition coefficient (Wildman–Crippen LogP) is 14.1. The molecule has 0 aliphatic rings. The molecule has 4 heteroatoms. The molecule has 0 radical (unpaired) electrons. The Morgan fingerprint density at radius 2 is 0.918 bits per heavy atom. The molecular formula is C45H84O4.